The van der Waals surface area contributed by atoms with Gasteiger partial charge in [-0.15, -0.1) is 0 Å². The summed E-state index contributed by atoms with van der Waals surface area (Å²) in [5, 5.41) is 0. The molecule has 0 N–H and O–H groups in total. The molecule has 67 heavy (non-hydrogen) atoms. The van der Waals surface area contributed by atoms with E-state index in [1.165, 1.54) is 186 Å². The number of ether oxygens (including phenoxy) is 2. The summed E-state index contributed by atoms with van der Waals surface area (Å²) in [6, 6.07) is 0.337. The van der Waals surface area contributed by atoms with Gasteiger partial charge in [0.15, 0.2) is 0 Å². The molecule has 0 radical (unpaired) electrons. The Morgan fingerprint density at radius 3 is 0.955 bits per heavy atom. The lowest BCUT2D eigenvalue weighted by Crippen LogP contribution is -2.41. The predicted octanol–water partition coefficient (Wildman–Crippen LogP) is 18.2. The minimum absolute atomic E-state index is 0.0158. The van der Waals surface area contributed by atoms with Gasteiger partial charge in [-0.1, -0.05) is 214 Å². The summed E-state index contributed by atoms with van der Waals surface area (Å²) in [6.07, 6.45) is 51.2. The van der Waals surface area contributed by atoms with Crippen molar-refractivity contribution in [2.24, 2.45) is 0 Å². The number of esters is 2. The minimum atomic E-state index is 0.0158. The Hall–Kier alpha value is -1.63. The Morgan fingerprint density at radius 1 is 0.328 bits per heavy atom. The maximum atomic E-state index is 13.9. The average Bonchev–Trinajstić information content (AvgIpc) is 3.31. The van der Waals surface area contributed by atoms with Crippen molar-refractivity contribution in [1.29, 1.82) is 0 Å². The maximum absolute atomic E-state index is 13.9. The molecule has 1 atom stereocenters. The van der Waals surface area contributed by atoms with Crippen LogP contribution in [0.25, 0.3) is 0 Å². The molecule has 0 aromatic carbocycles. The molecule has 7 nitrogen and oxygen atoms in total. The van der Waals surface area contributed by atoms with E-state index in [-0.39, 0.29) is 24.1 Å². The molecule has 0 saturated carbocycles. The molecule has 0 bridgehead atoms. The lowest BCUT2D eigenvalue weighted by Gasteiger charge is -2.33. The van der Waals surface area contributed by atoms with Crippen LogP contribution in [-0.2, 0) is 23.9 Å². The first-order valence-electron chi connectivity index (χ1n) is 30.0. The van der Waals surface area contributed by atoms with Crippen LogP contribution < -0.4 is 0 Å². The van der Waals surface area contributed by atoms with Crippen LogP contribution in [0.15, 0.2) is 0 Å². The fourth-order valence-electron chi connectivity index (χ4n) is 9.82. The summed E-state index contributed by atoms with van der Waals surface area (Å²) in [6.45, 7) is 13.1. The van der Waals surface area contributed by atoms with Gasteiger partial charge in [-0.2, -0.15) is 0 Å². The molecule has 0 fully saturated rings. The number of amides is 1. The van der Waals surface area contributed by atoms with E-state index in [0.29, 0.717) is 31.2 Å². The fourth-order valence-corrected chi connectivity index (χ4v) is 9.82. The predicted molar refractivity (Wildman–Crippen MR) is 290 cm³/mol. The van der Waals surface area contributed by atoms with Crippen LogP contribution in [0.3, 0.4) is 0 Å². The third kappa shape index (κ3) is 44.1. The molecule has 0 aromatic heterocycles. The molecule has 398 valence electrons. The van der Waals surface area contributed by atoms with Gasteiger partial charge in [0, 0.05) is 31.8 Å². The number of hydrogen-bond acceptors (Lipinski definition) is 6. The number of carbonyl (C=O) groups excluding carboxylic acids is 3. The third-order valence-corrected chi connectivity index (χ3v) is 14.2. The van der Waals surface area contributed by atoms with E-state index < -0.39 is 0 Å². The SMILES string of the molecule is CCCCCCCC(=O)N(CCCN(C)C)C(CCCCCCCCCCC(=O)OC(CCCCCC)CCCCCC)CCCCCCCCC(=O)OC(CCCCCC)CCCCCC. The highest BCUT2D eigenvalue weighted by atomic mass is 16.5. The zero-order valence-electron chi connectivity index (χ0n) is 46.4. The summed E-state index contributed by atoms with van der Waals surface area (Å²) in [7, 11) is 4.28. The summed E-state index contributed by atoms with van der Waals surface area (Å²) in [5.74, 6) is 0.423. The van der Waals surface area contributed by atoms with Gasteiger partial charge in [0.2, 0.25) is 5.91 Å². The highest BCUT2D eigenvalue weighted by Crippen LogP contribution is 2.23. The van der Waals surface area contributed by atoms with E-state index in [1.54, 1.807) is 0 Å². The summed E-state index contributed by atoms with van der Waals surface area (Å²) < 4.78 is 12.0. The van der Waals surface area contributed by atoms with Gasteiger partial charge in [-0.25, -0.2) is 0 Å². The quantitative estimate of drug-likeness (QED) is 0.0447. The number of unbranched alkanes of at least 4 members (excludes halogenated alkanes) is 28. The van der Waals surface area contributed by atoms with Crippen molar-refractivity contribution in [1.82, 2.24) is 9.80 Å². The van der Waals surface area contributed by atoms with E-state index in [2.05, 4.69) is 58.5 Å². The van der Waals surface area contributed by atoms with Gasteiger partial charge in [0.25, 0.3) is 0 Å². The van der Waals surface area contributed by atoms with Crippen LogP contribution in [0, 0.1) is 0 Å². The van der Waals surface area contributed by atoms with Crippen molar-refractivity contribution < 1.29 is 23.9 Å². The van der Waals surface area contributed by atoms with Gasteiger partial charge in [0.1, 0.15) is 12.2 Å². The fraction of sp³-hybridized carbons (Fsp3) is 0.950. The topological polar surface area (TPSA) is 76.2 Å². The molecule has 0 saturated heterocycles. The van der Waals surface area contributed by atoms with Crippen molar-refractivity contribution in [2.75, 3.05) is 27.2 Å². The normalized spacial score (nSPS) is 12.1. The zero-order chi connectivity index (χ0) is 49.3. The number of rotatable bonds is 53. The van der Waals surface area contributed by atoms with Gasteiger partial charge in [-0.3, -0.25) is 14.4 Å². The van der Waals surface area contributed by atoms with Crippen LogP contribution >= 0.6 is 0 Å². The molecule has 0 heterocycles. The van der Waals surface area contributed by atoms with Gasteiger partial charge < -0.3 is 19.3 Å². The van der Waals surface area contributed by atoms with E-state index in [4.69, 9.17) is 9.47 Å². The molecular formula is C60H118N2O5. The monoisotopic (exact) mass is 947 g/mol. The molecule has 1 unspecified atom stereocenters. The summed E-state index contributed by atoms with van der Waals surface area (Å²) in [5.41, 5.74) is 0. The molecule has 7 heteroatoms. The van der Waals surface area contributed by atoms with Crippen LogP contribution in [-0.4, -0.2) is 73.1 Å². The molecule has 0 aliphatic carbocycles. The first-order chi connectivity index (χ1) is 32.7. The minimum Gasteiger partial charge on any atom is -0.462 e. The average molecular weight is 948 g/mol. The Kier molecular flexibility index (Phi) is 49.5. The highest BCUT2D eigenvalue weighted by Gasteiger charge is 2.23. The van der Waals surface area contributed by atoms with Crippen molar-refractivity contribution in [3.8, 4) is 0 Å². The van der Waals surface area contributed by atoms with Gasteiger partial charge in [0.05, 0.1) is 0 Å². The zero-order valence-corrected chi connectivity index (χ0v) is 46.4. The number of nitrogens with zero attached hydrogens (tertiary/aromatic N) is 2. The Morgan fingerprint density at radius 2 is 0.612 bits per heavy atom. The van der Waals surface area contributed by atoms with Crippen molar-refractivity contribution in [3.05, 3.63) is 0 Å². The largest absolute Gasteiger partial charge is 0.462 e. The smallest absolute Gasteiger partial charge is 0.306 e. The second-order valence-corrected chi connectivity index (χ2v) is 21.2. The van der Waals surface area contributed by atoms with E-state index >= 15 is 0 Å². The van der Waals surface area contributed by atoms with Crippen LogP contribution in [0.1, 0.15) is 324 Å². The second kappa shape index (κ2) is 50.7. The first-order valence-corrected chi connectivity index (χ1v) is 30.0. The summed E-state index contributed by atoms with van der Waals surface area (Å²) >= 11 is 0. The van der Waals surface area contributed by atoms with Crippen molar-refractivity contribution in [3.63, 3.8) is 0 Å². The first kappa shape index (κ1) is 65.4. The molecule has 0 spiro atoms. The molecule has 0 aliphatic rings. The van der Waals surface area contributed by atoms with E-state index in [1.807, 2.05) is 0 Å². The Balaban J connectivity index is 4.95. The van der Waals surface area contributed by atoms with Crippen molar-refractivity contribution in [2.45, 2.75) is 342 Å². The van der Waals surface area contributed by atoms with Gasteiger partial charge >= 0.3 is 11.9 Å². The molecule has 0 aliphatic heterocycles. The lowest BCUT2D eigenvalue weighted by atomic mass is 9.97. The van der Waals surface area contributed by atoms with E-state index in [9.17, 15) is 14.4 Å². The van der Waals surface area contributed by atoms with Crippen LogP contribution in [0.5, 0.6) is 0 Å². The van der Waals surface area contributed by atoms with Crippen molar-refractivity contribution >= 4 is 17.8 Å². The molecule has 1 amide bonds. The standard InChI is InChI=1S/C60H118N2O5/c1-8-13-18-29-40-50-58(63)62(54-43-53-61(6)7)55(45-35-31-27-28-33-42-52-60(65)67-57(48-38-21-16-11-4)49-39-22-17-12-5)44-34-30-25-23-24-26-32-41-51-59(64)66-56(46-36-19-14-9-2)47-37-20-15-10-3/h55-57H,8-54H2,1-7H3. The molecule has 0 rings (SSSR count). The van der Waals surface area contributed by atoms with Crippen LogP contribution in [0.2, 0.25) is 0 Å². The molecular weight excluding hydrogens is 829 g/mol. The third-order valence-electron chi connectivity index (χ3n) is 14.2. The van der Waals surface area contributed by atoms with E-state index in [0.717, 1.165) is 96.6 Å². The lowest BCUT2D eigenvalue weighted by molar-refractivity contribution is -0.151. The Labute approximate surface area is 419 Å². The maximum Gasteiger partial charge on any atom is 0.306 e. The van der Waals surface area contributed by atoms with Gasteiger partial charge in [-0.05, 0) is 111 Å². The number of hydrogen-bond donors (Lipinski definition) is 0. The highest BCUT2D eigenvalue weighted by molar-refractivity contribution is 5.76. The second-order valence-electron chi connectivity index (χ2n) is 21.2. The Bertz CT molecular complexity index is 1040. The molecule has 0 aromatic rings. The number of carbonyl (C=O) groups is 3. The summed E-state index contributed by atoms with van der Waals surface area (Å²) in [4.78, 5) is 44.1. The van der Waals surface area contributed by atoms with Crippen LogP contribution in [0.4, 0.5) is 0 Å².